The second kappa shape index (κ2) is 12.2. The number of aliphatic hydroxyl groups is 1. The average Bonchev–Trinajstić information content (AvgIpc) is 3.09. The molecular formula is C29H38O13. The largest absolute Gasteiger partial charge is 0.466 e. The lowest BCUT2D eigenvalue weighted by atomic mass is 9.54. The smallest absolute Gasteiger partial charge is 0.337 e. The number of hydrogen-bond acceptors (Lipinski definition) is 13. The van der Waals surface area contributed by atoms with Crippen LogP contribution in [-0.2, 0) is 57.2 Å². The first-order valence-corrected chi connectivity index (χ1v) is 13.6. The molecule has 0 amide bonds. The number of rotatable bonds is 5. The maximum absolute atomic E-state index is 13.1. The molecule has 1 N–H and O–H groups in total. The van der Waals surface area contributed by atoms with Crippen LogP contribution < -0.4 is 0 Å². The van der Waals surface area contributed by atoms with E-state index < -0.39 is 89.2 Å². The number of esters is 6. The van der Waals surface area contributed by atoms with E-state index in [9.17, 15) is 33.9 Å². The molecular weight excluding hydrogens is 556 g/mol. The molecule has 9 unspecified atom stereocenters. The Kier molecular flexibility index (Phi) is 9.55. The van der Waals surface area contributed by atoms with Crippen molar-refractivity contribution in [2.24, 2.45) is 17.3 Å². The molecule has 42 heavy (non-hydrogen) atoms. The predicted molar refractivity (Wildman–Crippen MR) is 141 cm³/mol. The maximum atomic E-state index is 13.1. The number of carbonyl (C=O) groups is 6. The molecule has 9 atom stereocenters. The van der Waals surface area contributed by atoms with Crippen LogP contribution in [0.25, 0.3) is 0 Å². The molecule has 0 spiro atoms. The van der Waals surface area contributed by atoms with Gasteiger partial charge in [-0.15, -0.1) is 0 Å². The Hall–Kier alpha value is -3.74. The average molecular weight is 595 g/mol. The van der Waals surface area contributed by atoms with Crippen molar-refractivity contribution < 1.29 is 62.3 Å². The first kappa shape index (κ1) is 32.8. The van der Waals surface area contributed by atoms with Crippen LogP contribution in [0.15, 0.2) is 23.8 Å². The molecule has 0 radical (unpaired) electrons. The fourth-order valence-electron chi connectivity index (χ4n) is 6.55. The Morgan fingerprint density at radius 3 is 2.02 bits per heavy atom. The van der Waals surface area contributed by atoms with Gasteiger partial charge >= 0.3 is 35.8 Å². The molecule has 3 rings (SSSR count). The van der Waals surface area contributed by atoms with Crippen molar-refractivity contribution in [3.05, 3.63) is 23.8 Å². The monoisotopic (exact) mass is 594 g/mol. The van der Waals surface area contributed by atoms with E-state index in [0.717, 1.165) is 34.0 Å². The van der Waals surface area contributed by atoms with Crippen LogP contribution in [0.3, 0.4) is 0 Å². The Morgan fingerprint density at radius 1 is 0.952 bits per heavy atom. The van der Waals surface area contributed by atoms with Crippen molar-refractivity contribution in [2.45, 2.75) is 96.9 Å². The summed E-state index contributed by atoms with van der Waals surface area (Å²) in [6, 6.07) is 0. The van der Waals surface area contributed by atoms with Crippen molar-refractivity contribution in [3.8, 4) is 0 Å². The lowest BCUT2D eigenvalue weighted by Crippen LogP contribution is -2.66. The van der Waals surface area contributed by atoms with E-state index in [1.54, 1.807) is 6.92 Å². The zero-order chi connectivity index (χ0) is 31.7. The molecule has 1 saturated heterocycles. The van der Waals surface area contributed by atoms with Gasteiger partial charge < -0.3 is 33.5 Å². The van der Waals surface area contributed by atoms with Gasteiger partial charge in [0.15, 0.2) is 11.7 Å². The van der Waals surface area contributed by atoms with Crippen molar-refractivity contribution in [1.82, 2.24) is 0 Å². The fourth-order valence-corrected chi connectivity index (χ4v) is 6.55. The van der Waals surface area contributed by atoms with Gasteiger partial charge in [-0.3, -0.25) is 24.0 Å². The third-order valence-electron chi connectivity index (χ3n) is 8.47. The maximum Gasteiger partial charge on any atom is 0.337 e. The van der Waals surface area contributed by atoms with Crippen molar-refractivity contribution >= 4 is 35.8 Å². The van der Waals surface area contributed by atoms with Crippen molar-refractivity contribution in [2.75, 3.05) is 7.11 Å². The van der Waals surface area contributed by atoms with Gasteiger partial charge in [0.05, 0.1) is 24.0 Å². The summed E-state index contributed by atoms with van der Waals surface area (Å²) in [5.74, 6) is -7.30. The van der Waals surface area contributed by atoms with Gasteiger partial charge in [0.25, 0.3) is 0 Å². The van der Waals surface area contributed by atoms with Crippen molar-refractivity contribution in [3.63, 3.8) is 0 Å². The number of methoxy groups -OCH3 is 1. The topological polar surface area (TPSA) is 178 Å². The van der Waals surface area contributed by atoms with Gasteiger partial charge in [-0.1, -0.05) is 19.1 Å². The van der Waals surface area contributed by atoms with Gasteiger partial charge in [0, 0.05) is 40.0 Å². The lowest BCUT2D eigenvalue weighted by molar-refractivity contribution is -0.222. The zero-order valence-corrected chi connectivity index (χ0v) is 24.8. The Balaban J connectivity index is 2.49. The third-order valence-corrected chi connectivity index (χ3v) is 8.47. The number of hydrogen-bond donors (Lipinski definition) is 1. The van der Waals surface area contributed by atoms with Crippen LogP contribution in [0, 0.1) is 17.3 Å². The highest BCUT2D eigenvalue weighted by Gasteiger charge is 2.68. The van der Waals surface area contributed by atoms with Gasteiger partial charge in [-0.25, -0.2) is 4.79 Å². The second-order valence-electron chi connectivity index (χ2n) is 11.2. The summed E-state index contributed by atoms with van der Waals surface area (Å²) in [7, 11) is 1.08. The lowest BCUT2D eigenvalue weighted by Gasteiger charge is -2.55. The Labute approximate surface area is 243 Å². The minimum Gasteiger partial charge on any atom is -0.466 e. The molecule has 2 aliphatic carbocycles. The van der Waals surface area contributed by atoms with Crippen LogP contribution in [0.1, 0.15) is 60.8 Å². The quantitative estimate of drug-likeness (QED) is 0.275. The van der Waals surface area contributed by atoms with E-state index in [0.29, 0.717) is 5.57 Å². The summed E-state index contributed by atoms with van der Waals surface area (Å²) < 4.78 is 33.3. The standard InChI is InChI=1S/C29H38O13/c1-13-9-10-21(39-16(4)31)28(7)22(40-17(5)32)12-20(38-15(3)30)19(27(35)37-8)11-23-29(36,14(2)26(34)42-23)25(24(13)28)41-18(6)33/h11,14,20-25,36H,1,9-10,12H2,2-8H3. The Morgan fingerprint density at radius 2 is 1.50 bits per heavy atom. The van der Waals surface area contributed by atoms with Gasteiger partial charge in [0.1, 0.15) is 24.4 Å². The van der Waals surface area contributed by atoms with E-state index in [4.69, 9.17) is 28.4 Å². The van der Waals surface area contributed by atoms with Crippen LogP contribution >= 0.6 is 0 Å². The van der Waals surface area contributed by atoms with Gasteiger partial charge in [0.2, 0.25) is 0 Å². The minimum absolute atomic E-state index is 0.209. The van der Waals surface area contributed by atoms with E-state index in [-0.39, 0.29) is 24.8 Å². The van der Waals surface area contributed by atoms with Crippen LogP contribution in [-0.4, -0.2) is 84.2 Å². The van der Waals surface area contributed by atoms with E-state index in [1.165, 1.54) is 13.8 Å². The third kappa shape index (κ3) is 5.92. The molecule has 2 fully saturated rings. The molecule has 0 aromatic carbocycles. The Bertz CT molecular complexity index is 1200. The molecule has 13 nitrogen and oxygen atoms in total. The highest BCUT2D eigenvalue weighted by atomic mass is 16.6. The first-order valence-electron chi connectivity index (χ1n) is 13.6. The zero-order valence-electron chi connectivity index (χ0n) is 24.8. The fraction of sp³-hybridized carbons (Fsp3) is 0.655. The molecule has 1 saturated carbocycles. The normalized spacial score (nSPS) is 36.2. The molecule has 232 valence electrons. The van der Waals surface area contributed by atoms with E-state index in [1.807, 2.05) is 0 Å². The van der Waals surface area contributed by atoms with E-state index >= 15 is 0 Å². The molecule has 0 bridgehead atoms. The van der Waals surface area contributed by atoms with Crippen molar-refractivity contribution in [1.29, 1.82) is 0 Å². The summed E-state index contributed by atoms with van der Waals surface area (Å²) in [4.78, 5) is 75.8. The predicted octanol–water partition coefficient (Wildman–Crippen LogP) is 1.48. The molecule has 1 aliphatic heterocycles. The van der Waals surface area contributed by atoms with Crippen LogP contribution in [0.4, 0.5) is 0 Å². The summed E-state index contributed by atoms with van der Waals surface area (Å²) >= 11 is 0. The molecule has 0 aromatic rings. The van der Waals surface area contributed by atoms with E-state index in [2.05, 4.69) is 6.58 Å². The first-order chi connectivity index (χ1) is 19.5. The highest BCUT2D eigenvalue weighted by Crippen LogP contribution is 2.56. The molecule has 0 aromatic heterocycles. The number of ether oxygens (including phenoxy) is 6. The number of carbonyl (C=O) groups excluding carboxylic acids is 6. The van der Waals surface area contributed by atoms with Crippen LogP contribution in [0.5, 0.6) is 0 Å². The number of fused-ring (bicyclic) bond motifs is 2. The summed E-state index contributed by atoms with van der Waals surface area (Å²) in [5, 5.41) is 12.4. The minimum atomic E-state index is -2.33. The molecule has 13 heteroatoms. The van der Waals surface area contributed by atoms with Crippen LogP contribution in [0.2, 0.25) is 0 Å². The summed E-state index contributed by atoms with van der Waals surface area (Å²) in [6.07, 6.45) is -5.68. The second-order valence-corrected chi connectivity index (χ2v) is 11.2. The molecule has 1 heterocycles. The SMILES string of the molecule is C=C1CCC(OC(C)=O)C2(C)C(OC(C)=O)CC(OC(C)=O)C(C(=O)OC)=CC3OC(=O)C(C)C3(O)C(OC(C)=O)C12. The highest BCUT2D eigenvalue weighted by molar-refractivity contribution is 5.90. The summed E-state index contributed by atoms with van der Waals surface area (Å²) in [5.41, 5.74) is -3.72. The summed E-state index contributed by atoms with van der Waals surface area (Å²) in [6.45, 7) is 11.7. The molecule has 3 aliphatic rings. The van der Waals surface area contributed by atoms with Gasteiger partial charge in [-0.2, -0.15) is 0 Å². The van der Waals surface area contributed by atoms with Gasteiger partial charge in [-0.05, 0) is 25.8 Å².